The van der Waals surface area contributed by atoms with E-state index < -0.39 is 5.76 Å². The van der Waals surface area contributed by atoms with Gasteiger partial charge in [-0.05, 0) is 73.2 Å². The molecule has 0 unspecified atom stereocenters. The van der Waals surface area contributed by atoms with Crippen molar-refractivity contribution < 1.29 is 18.4 Å². The summed E-state index contributed by atoms with van der Waals surface area (Å²) >= 11 is 0. The largest absolute Gasteiger partial charge is 0.490 e. The summed E-state index contributed by atoms with van der Waals surface area (Å²) in [6, 6.07) is 14.8. The van der Waals surface area contributed by atoms with Gasteiger partial charge in [0, 0.05) is 35.7 Å². The Labute approximate surface area is 229 Å². The highest BCUT2D eigenvalue weighted by Crippen LogP contribution is 2.44. The molecule has 202 valence electrons. The number of hydrogen-bond donors (Lipinski definition) is 1. The van der Waals surface area contributed by atoms with Gasteiger partial charge in [-0.3, -0.25) is 9.51 Å². The van der Waals surface area contributed by atoms with Gasteiger partial charge in [0.25, 0.3) is 0 Å². The number of rotatable bonds is 6. The van der Waals surface area contributed by atoms with E-state index in [-0.39, 0.29) is 12.4 Å². The Hall–Kier alpha value is -4.66. The van der Waals surface area contributed by atoms with Crippen LogP contribution in [0, 0.1) is 5.82 Å². The second-order valence-corrected chi connectivity index (χ2v) is 10.3. The number of H-pyrrole nitrogens is 1. The Morgan fingerprint density at radius 1 is 1.18 bits per heavy atom. The molecule has 1 aliphatic carbocycles. The minimum Gasteiger partial charge on any atom is -0.490 e. The molecule has 5 aromatic rings. The SMILES string of the molecule is CCOc1cccn2c(Cc3ccc4c(c3)COc3cc(F)ccc3C4=C(C)c3noc(=O)[nH]3)c(C3CC3)nc12. The molecule has 0 saturated heterocycles. The van der Waals surface area contributed by atoms with Crippen molar-refractivity contribution in [1.29, 1.82) is 0 Å². The molecule has 8 nitrogen and oxygen atoms in total. The van der Waals surface area contributed by atoms with Crippen molar-refractivity contribution in [3.63, 3.8) is 0 Å². The summed E-state index contributed by atoms with van der Waals surface area (Å²) < 4.78 is 33.1. The molecule has 1 fully saturated rings. The second-order valence-electron chi connectivity index (χ2n) is 10.3. The van der Waals surface area contributed by atoms with Gasteiger partial charge in [0.1, 0.15) is 18.2 Å². The average molecular weight is 539 g/mol. The van der Waals surface area contributed by atoms with Crippen LogP contribution in [0.25, 0.3) is 16.8 Å². The topological polar surface area (TPSA) is 94.6 Å². The zero-order chi connectivity index (χ0) is 27.4. The molecule has 0 amide bonds. The lowest BCUT2D eigenvalue weighted by Gasteiger charge is -2.14. The van der Waals surface area contributed by atoms with E-state index in [1.807, 2.05) is 32.2 Å². The summed E-state index contributed by atoms with van der Waals surface area (Å²) in [5.41, 5.74) is 8.33. The number of halogens is 1. The first-order chi connectivity index (χ1) is 19.5. The molecule has 1 N–H and O–H groups in total. The molecule has 3 aromatic heterocycles. The number of ether oxygens (including phenoxy) is 2. The van der Waals surface area contributed by atoms with Crippen molar-refractivity contribution in [1.82, 2.24) is 19.5 Å². The van der Waals surface area contributed by atoms with Gasteiger partial charge in [-0.1, -0.05) is 23.4 Å². The van der Waals surface area contributed by atoms with E-state index in [1.165, 1.54) is 12.1 Å². The van der Waals surface area contributed by atoms with Crippen LogP contribution in [0.1, 0.15) is 72.1 Å². The molecule has 7 rings (SSSR count). The Morgan fingerprint density at radius 3 is 2.80 bits per heavy atom. The van der Waals surface area contributed by atoms with E-state index in [1.54, 1.807) is 6.07 Å². The molecule has 9 heteroatoms. The number of aromatic nitrogens is 4. The maximum absolute atomic E-state index is 14.2. The van der Waals surface area contributed by atoms with E-state index in [9.17, 15) is 9.18 Å². The molecular weight excluding hydrogens is 511 g/mol. The molecule has 4 heterocycles. The van der Waals surface area contributed by atoms with Crippen molar-refractivity contribution in [2.24, 2.45) is 0 Å². The fourth-order valence-corrected chi connectivity index (χ4v) is 5.59. The van der Waals surface area contributed by atoms with Gasteiger partial charge in [0.2, 0.25) is 0 Å². The first kappa shape index (κ1) is 24.4. The Bertz CT molecular complexity index is 1860. The van der Waals surface area contributed by atoms with Gasteiger partial charge in [-0.25, -0.2) is 14.2 Å². The van der Waals surface area contributed by atoms with Crippen LogP contribution < -0.4 is 15.2 Å². The predicted molar refractivity (Wildman–Crippen MR) is 147 cm³/mol. The summed E-state index contributed by atoms with van der Waals surface area (Å²) in [7, 11) is 0. The number of hydrogen-bond acceptors (Lipinski definition) is 6. The van der Waals surface area contributed by atoms with E-state index in [0.29, 0.717) is 36.1 Å². The third-order valence-electron chi connectivity index (χ3n) is 7.59. The highest BCUT2D eigenvalue weighted by Gasteiger charge is 2.31. The average Bonchev–Trinajstić information content (AvgIpc) is 3.63. The number of fused-ring (bicyclic) bond motifs is 3. The van der Waals surface area contributed by atoms with Gasteiger partial charge >= 0.3 is 5.76 Å². The monoisotopic (exact) mass is 538 g/mol. The molecule has 1 aliphatic heterocycles. The lowest BCUT2D eigenvalue weighted by Crippen LogP contribution is -2.02. The van der Waals surface area contributed by atoms with E-state index >= 15 is 0 Å². The van der Waals surface area contributed by atoms with E-state index in [4.69, 9.17) is 19.0 Å². The van der Waals surface area contributed by atoms with Crippen LogP contribution in [0.4, 0.5) is 4.39 Å². The maximum Gasteiger partial charge on any atom is 0.439 e. The lowest BCUT2D eigenvalue weighted by atomic mass is 9.89. The van der Waals surface area contributed by atoms with Crippen LogP contribution in [0.3, 0.4) is 0 Å². The standard InChI is InChI=1S/C31H27FN4O4/c1-3-38-25-5-4-12-36-24(28(19-7-8-19)33-30(25)36)14-18-6-10-22-20(13-18)16-39-26-15-21(32)9-11-23(26)27(22)17(2)29-34-31(37)40-35-29/h4-6,9-13,15,19H,3,7-8,14,16H2,1-2H3,(H,34,35,37). The van der Waals surface area contributed by atoms with Crippen molar-refractivity contribution in [3.05, 3.63) is 111 Å². The number of nitrogens with zero attached hydrogens (tertiary/aromatic N) is 3. The first-order valence-corrected chi connectivity index (χ1v) is 13.4. The van der Waals surface area contributed by atoms with E-state index in [2.05, 4.69) is 32.7 Å². The summed E-state index contributed by atoms with van der Waals surface area (Å²) in [5.74, 6) is 0.983. The zero-order valence-electron chi connectivity index (χ0n) is 22.2. The lowest BCUT2D eigenvalue weighted by molar-refractivity contribution is 0.305. The van der Waals surface area contributed by atoms with Gasteiger partial charge in [-0.2, -0.15) is 0 Å². The highest BCUT2D eigenvalue weighted by molar-refractivity contribution is 5.99. The summed E-state index contributed by atoms with van der Waals surface area (Å²) in [5, 5.41) is 3.90. The summed E-state index contributed by atoms with van der Waals surface area (Å²) in [6.07, 6.45) is 5.02. The first-order valence-electron chi connectivity index (χ1n) is 13.4. The minimum absolute atomic E-state index is 0.267. The molecule has 1 saturated carbocycles. The molecule has 0 spiro atoms. The van der Waals surface area contributed by atoms with Crippen molar-refractivity contribution in [2.45, 2.75) is 45.6 Å². The molecular formula is C31H27FN4O4. The number of pyridine rings is 1. The maximum atomic E-state index is 14.2. The number of benzene rings is 2. The number of nitrogens with one attached hydrogen (secondary N) is 1. The predicted octanol–water partition coefficient (Wildman–Crippen LogP) is 5.89. The number of allylic oxidation sites excluding steroid dienone is 1. The summed E-state index contributed by atoms with van der Waals surface area (Å²) in [6.45, 7) is 4.68. The van der Waals surface area contributed by atoms with E-state index in [0.717, 1.165) is 63.5 Å². The van der Waals surface area contributed by atoms with Crippen molar-refractivity contribution in [2.75, 3.05) is 6.61 Å². The zero-order valence-corrected chi connectivity index (χ0v) is 22.2. The third kappa shape index (κ3) is 4.18. The molecule has 2 aromatic carbocycles. The van der Waals surface area contributed by atoms with Gasteiger partial charge in [0.15, 0.2) is 17.2 Å². The third-order valence-corrected chi connectivity index (χ3v) is 7.59. The quantitative estimate of drug-likeness (QED) is 0.290. The van der Waals surface area contributed by atoms with Crippen LogP contribution >= 0.6 is 0 Å². The van der Waals surface area contributed by atoms with Crippen LogP contribution in [0.5, 0.6) is 11.5 Å². The summed E-state index contributed by atoms with van der Waals surface area (Å²) in [4.78, 5) is 19.4. The molecule has 0 atom stereocenters. The number of aromatic amines is 1. The van der Waals surface area contributed by atoms with Crippen LogP contribution in [-0.2, 0) is 13.0 Å². The molecule has 40 heavy (non-hydrogen) atoms. The molecule has 0 bridgehead atoms. The highest BCUT2D eigenvalue weighted by atomic mass is 19.1. The van der Waals surface area contributed by atoms with Crippen molar-refractivity contribution >= 4 is 16.8 Å². The van der Waals surface area contributed by atoms with Crippen LogP contribution in [0.2, 0.25) is 0 Å². The van der Waals surface area contributed by atoms with Gasteiger partial charge < -0.3 is 13.9 Å². The molecule has 2 aliphatic rings. The Kier molecular flexibility index (Phi) is 5.80. The minimum atomic E-state index is -0.637. The van der Waals surface area contributed by atoms with Crippen molar-refractivity contribution in [3.8, 4) is 11.5 Å². The van der Waals surface area contributed by atoms with Gasteiger partial charge in [-0.15, -0.1) is 0 Å². The van der Waals surface area contributed by atoms with Crippen LogP contribution in [-0.4, -0.2) is 26.1 Å². The smallest absolute Gasteiger partial charge is 0.439 e. The Morgan fingerprint density at radius 2 is 2.02 bits per heavy atom. The fraction of sp³-hybridized carbons (Fsp3) is 0.258. The Balaban J connectivity index is 1.35. The fourth-order valence-electron chi connectivity index (χ4n) is 5.59. The molecule has 0 radical (unpaired) electrons. The van der Waals surface area contributed by atoms with Gasteiger partial charge in [0.05, 0.1) is 18.0 Å². The number of imidazole rings is 1. The normalized spacial score (nSPS) is 15.8. The van der Waals surface area contributed by atoms with Crippen LogP contribution in [0.15, 0.2) is 64.0 Å². The second kappa shape index (κ2) is 9.51.